The van der Waals surface area contributed by atoms with E-state index in [-0.39, 0.29) is 12.1 Å². The van der Waals surface area contributed by atoms with Gasteiger partial charge in [0.1, 0.15) is 0 Å². The molecule has 1 heterocycles. The van der Waals surface area contributed by atoms with Crippen LogP contribution in [0.4, 0.5) is 0 Å². The summed E-state index contributed by atoms with van der Waals surface area (Å²) in [5.74, 6) is 0.540. The lowest BCUT2D eigenvalue weighted by atomic mass is 9.78. The van der Waals surface area contributed by atoms with Crippen LogP contribution in [-0.2, 0) is 0 Å². The molecule has 0 bridgehead atoms. The van der Waals surface area contributed by atoms with Gasteiger partial charge < -0.3 is 5.11 Å². The summed E-state index contributed by atoms with van der Waals surface area (Å²) in [6.07, 6.45) is 0.739. The van der Waals surface area contributed by atoms with E-state index in [1.165, 1.54) is 5.56 Å². The molecule has 3 heteroatoms. The van der Waals surface area contributed by atoms with Gasteiger partial charge in [0, 0.05) is 38.3 Å². The second kappa shape index (κ2) is 6.07. The van der Waals surface area contributed by atoms with Crippen LogP contribution >= 0.6 is 0 Å². The Kier molecular flexibility index (Phi) is 4.34. The molecule has 2 aliphatic rings. The average molecular weight is 288 g/mol. The van der Waals surface area contributed by atoms with Crippen molar-refractivity contribution in [3.8, 4) is 0 Å². The molecule has 0 spiro atoms. The Bertz CT molecular complexity index is 480. The Labute approximate surface area is 128 Å². The molecule has 1 aromatic carbocycles. The molecular weight excluding hydrogens is 260 g/mol. The number of fused-ring (bicyclic) bond motifs is 1. The lowest BCUT2D eigenvalue weighted by Crippen LogP contribution is -2.54. The van der Waals surface area contributed by atoms with Crippen LogP contribution in [0.1, 0.15) is 50.3 Å². The van der Waals surface area contributed by atoms with Gasteiger partial charge in [0.15, 0.2) is 0 Å². The van der Waals surface area contributed by atoms with Crippen LogP contribution in [0.5, 0.6) is 0 Å². The van der Waals surface area contributed by atoms with Crippen molar-refractivity contribution >= 4 is 0 Å². The molecule has 1 aliphatic heterocycles. The fourth-order valence-corrected chi connectivity index (χ4v) is 3.99. The maximum absolute atomic E-state index is 10.8. The zero-order valence-electron chi connectivity index (χ0n) is 13.5. The highest BCUT2D eigenvalue weighted by Crippen LogP contribution is 2.39. The lowest BCUT2D eigenvalue weighted by molar-refractivity contribution is -0.000719. The molecule has 3 nitrogen and oxygen atoms in total. The van der Waals surface area contributed by atoms with E-state index in [1.807, 2.05) is 6.07 Å². The second-order valence-electron chi connectivity index (χ2n) is 6.94. The number of benzene rings is 1. The van der Waals surface area contributed by atoms with E-state index in [9.17, 15) is 5.11 Å². The van der Waals surface area contributed by atoms with Crippen molar-refractivity contribution in [1.82, 2.24) is 9.80 Å². The predicted molar refractivity (Wildman–Crippen MR) is 86.5 cm³/mol. The second-order valence-corrected chi connectivity index (χ2v) is 6.94. The molecule has 1 N–H and O–H groups in total. The van der Waals surface area contributed by atoms with Crippen LogP contribution < -0.4 is 0 Å². The third-order valence-corrected chi connectivity index (χ3v) is 5.35. The van der Waals surface area contributed by atoms with Crippen molar-refractivity contribution in [2.45, 2.75) is 51.3 Å². The molecule has 3 rings (SSSR count). The Hall–Kier alpha value is -0.900. The standard InChI is InChI=1S/C18H28N2O/c1-13(2)19-8-10-20(11-9-19)17-12-14(3)15-6-4-5-7-16(15)18(17)21/h4-7,13-14,17-18,21H,8-12H2,1-3H3. The fourth-order valence-electron chi connectivity index (χ4n) is 3.99. The monoisotopic (exact) mass is 288 g/mol. The number of hydrogen-bond donors (Lipinski definition) is 1. The number of aliphatic hydroxyl groups is 1. The zero-order chi connectivity index (χ0) is 15.0. The van der Waals surface area contributed by atoms with Crippen LogP contribution in [0.2, 0.25) is 0 Å². The molecule has 3 unspecified atom stereocenters. The number of nitrogens with zero attached hydrogens (tertiary/aromatic N) is 2. The maximum atomic E-state index is 10.8. The quantitative estimate of drug-likeness (QED) is 0.906. The third-order valence-electron chi connectivity index (χ3n) is 5.35. The van der Waals surface area contributed by atoms with Crippen molar-refractivity contribution in [2.24, 2.45) is 0 Å². The van der Waals surface area contributed by atoms with Crippen molar-refractivity contribution in [2.75, 3.05) is 26.2 Å². The summed E-state index contributed by atoms with van der Waals surface area (Å²) in [5.41, 5.74) is 2.48. The highest BCUT2D eigenvalue weighted by Gasteiger charge is 2.36. The Balaban J connectivity index is 1.73. The number of hydrogen-bond acceptors (Lipinski definition) is 3. The summed E-state index contributed by atoms with van der Waals surface area (Å²) in [7, 11) is 0. The van der Waals surface area contributed by atoms with Crippen molar-refractivity contribution in [3.63, 3.8) is 0 Å². The molecule has 1 aliphatic carbocycles. The zero-order valence-corrected chi connectivity index (χ0v) is 13.5. The first-order chi connectivity index (χ1) is 10.1. The first-order valence-electron chi connectivity index (χ1n) is 8.33. The van der Waals surface area contributed by atoms with Crippen LogP contribution in [0.3, 0.4) is 0 Å². The van der Waals surface area contributed by atoms with E-state index >= 15 is 0 Å². The van der Waals surface area contributed by atoms with E-state index in [0.717, 1.165) is 38.2 Å². The molecular formula is C18H28N2O. The Morgan fingerprint density at radius 2 is 1.67 bits per heavy atom. The molecule has 0 aromatic heterocycles. The van der Waals surface area contributed by atoms with Gasteiger partial charge in [-0.05, 0) is 37.3 Å². The van der Waals surface area contributed by atoms with Gasteiger partial charge in [0.2, 0.25) is 0 Å². The average Bonchev–Trinajstić information content (AvgIpc) is 2.51. The minimum absolute atomic E-state index is 0.282. The summed E-state index contributed by atoms with van der Waals surface area (Å²) >= 11 is 0. The van der Waals surface area contributed by atoms with Gasteiger partial charge in [-0.3, -0.25) is 9.80 Å². The molecule has 1 saturated heterocycles. The van der Waals surface area contributed by atoms with Crippen molar-refractivity contribution < 1.29 is 5.11 Å². The SMILES string of the molecule is CC1CC(N2CCN(C(C)C)CC2)C(O)c2ccccc21. The van der Waals surface area contributed by atoms with Crippen molar-refractivity contribution in [1.29, 1.82) is 0 Å². The van der Waals surface area contributed by atoms with Gasteiger partial charge in [-0.15, -0.1) is 0 Å². The predicted octanol–water partition coefficient (Wildman–Crippen LogP) is 2.62. The third kappa shape index (κ3) is 2.87. The van der Waals surface area contributed by atoms with Gasteiger partial charge in [0.25, 0.3) is 0 Å². The molecule has 0 saturated carbocycles. The van der Waals surface area contributed by atoms with Crippen molar-refractivity contribution in [3.05, 3.63) is 35.4 Å². The normalized spacial score (nSPS) is 31.4. The summed E-state index contributed by atoms with van der Waals surface area (Å²) in [6.45, 7) is 11.2. The summed E-state index contributed by atoms with van der Waals surface area (Å²) in [5, 5.41) is 10.8. The number of aliphatic hydroxyl groups excluding tert-OH is 1. The van der Waals surface area contributed by atoms with E-state index in [4.69, 9.17) is 0 Å². The molecule has 21 heavy (non-hydrogen) atoms. The lowest BCUT2D eigenvalue weighted by Gasteiger charge is -2.45. The Morgan fingerprint density at radius 3 is 2.29 bits per heavy atom. The number of rotatable bonds is 2. The summed E-state index contributed by atoms with van der Waals surface area (Å²) < 4.78 is 0. The van der Waals surface area contributed by atoms with E-state index < -0.39 is 0 Å². The van der Waals surface area contributed by atoms with Crippen LogP contribution in [-0.4, -0.2) is 53.2 Å². The first-order valence-corrected chi connectivity index (χ1v) is 8.33. The van der Waals surface area contributed by atoms with E-state index in [1.54, 1.807) is 0 Å². The van der Waals surface area contributed by atoms with Crippen LogP contribution in [0.25, 0.3) is 0 Å². The minimum atomic E-state index is -0.331. The molecule has 0 amide bonds. The minimum Gasteiger partial charge on any atom is -0.387 e. The van der Waals surface area contributed by atoms with Gasteiger partial charge in [0.05, 0.1) is 6.10 Å². The summed E-state index contributed by atoms with van der Waals surface area (Å²) in [6, 6.07) is 9.33. The van der Waals surface area contributed by atoms with E-state index in [2.05, 4.69) is 48.8 Å². The van der Waals surface area contributed by atoms with Crippen LogP contribution in [0, 0.1) is 0 Å². The van der Waals surface area contributed by atoms with Crippen LogP contribution in [0.15, 0.2) is 24.3 Å². The van der Waals surface area contributed by atoms with E-state index in [0.29, 0.717) is 12.0 Å². The maximum Gasteiger partial charge on any atom is 0.0948 e. The first kappa shape index (κ1) is 15.0. The molecule has 3 atom stereocenters. The molecule has 1 fully saturated rings. The molecule has 1 aromatic rings. The topological polar surface area (TPSA) is 26.7 Å². The highest BCUT2D eigenvalue weighted by molar-refractivity contribution is 5.35. The Morgan fingerprint density at radius 1 is 1.05 bits per heavy atom. The summed E-state index contributed by atoms with van der Waals surface area (Å²) in [4.78, 5) is 5.04. The highest BCUT2D eigenvalue weighted by atomic mass is 16.3. The molecule has 116 valence electrons. The smallest absolute Gasteiger partial charge is 0.0948 e. The largest absolute Gasteiger partial charge is 0.387 e. The fraction of sp³-hybridized carbons (Fsp3) is 0.667. The van der Waals surface area contributed by atoms with Gasteiger partial charge in [-0.1, -0.05) is 31.2 Å². The number of piperazine rings is 1. The van der Waals surface area contributed by atoms with Gasteiger partial charge >= 0.3 is 0 Å². The molecule has 0 radical (unpaired) electrons. The van der Waals surface area contributed by atoms with Gasteiger partial charge in [-0.2, -0.15) is 0 Å². The van der Waals surface area contributed by atoms with Gasteiger partial charge in [-0.25, -0.2) is 0 Å².